The first kappa shape index (κ1) is 21.7. The number of ether oxygens (including phenoxy) is 1. The number of pyridine rings is 1. The Balaban J connectivity index is 1.38. The van der Waals surface area contributed by atoms with Crippen molar-refractivity contribution in [1.29, 1.82) is 0 Å². The fourth-order valence-corrected chi connectivity index (χ4v) is 4.99. The van der Waals surface area contributed by atoms with Crippen molar-refractivity contribution >= 4 is 44.8 Å². The predicted octanol–water partition coefficient (Wildman–Crippen LogP) is 6.13. The summed E-state index contributed by atoms with van der Waals surface area (Å²) in [6.07, 6.45) is 0.531. The number of carbonyl (C=O) groups excluding carboxylic acids is 1. The zero-order chi connectivity index (χ0) is 23.7. The number of aryl methyl sites for hydroxylation is 1. The van der Waals surface area contributed by atoms with Crippen LogP contribution in [-0.4, -0.2) is 27.5 Å². The molecule has 2 aromatic heterocycles. The van der Waals surface area contributed by atoms with E-state index in [1.807, 2.05) is 43.3 Å². The van der Waals surface area contributed by atoms with E-state index < -0.39 is 10.9 Å². The van der Waals surface area contributed by atoms with Gasteiger partial charge in [0.05, 0.1) is 33.8 Å². The van der Waals surface area contributed by atoms with Gasteiger partial charge in [0.2, 0.25) is 0 Å². The third-order valence-electron chi connectivity index (χ3n) is 5.57. The molecule has 0 bridgehead atoms. The molecule has 0 saturated heterocycles. The van der Waals surface area contributed by atoms with Crippen LogP contribution in [0.15, 0.2) is 72.8 Å². The topological polar surface area (TPSA) is 95.2 Å². The number of aromatic nitrogens is 2. The normalized spacial score (nSPS) is 11.1. The van der Waals surface area contributed by atoms with Crippen LogP contribution in [0.3, 0.4) is 0 Å². The average molecular weight is 470 g/mol. The molecule has 7 nitrogen and oxygen atoms in total. The Labute approximate surface area is 198 Å². The van der Waals surface area contributed by atoms with Crippen molar-refractivity contribution in [2.45, 2.75) is 13.3 Å². The number of carbonyl (C=O) groups is 1. The summed E-state index contributed by atoms with van der Waals surface area (Å²) in [5.74, 6) is -0.511. The highest BCUT2D eigenvalue weighted by molar-refractivity contribution is 7.15. The summed E-state index contributed by atoms with van der Waals surface area (Å²) in [5, 5.41) is 13.8. The summed E-state index contributed by atoms with van der Waals surface area (Å²) in [5.41, 5.74) is 4.01. The van der Waals surface area contributed by atoms with Crippen LogP contribution in [0.5, 0.6) is 0 Å². The molecule has 5 aromatic rings. The molecule has 0 amide bonds. The van der Waals surface area contributed by atoms with Crippen molar-refractivity contribution in [3.63, 3.8) is 0 Å². The van der Waals surface area contributed by atoms with Crippen LogP contribution in [-0.2, 0) is 11.2 Å². The number of hydrogen-bond acceptors (Lipinski definition) is 7. The van der Waals surface area contributed by atoms with Gasteiger partial charge in [-0.3, -0.25) is 10.1 Å². The minimum atomic E-state index is -0.511. The van der Waals surface area contributed by atoms with Gasteiger partial charge in [0.15, 0.2) is 0 Å². The Morgan fingerprint density at radius 3 is 2.18 bits per heavy atom. The third-order valence-corrected chi connectivity index (χ3v) is 6.81. The highest BCUT2D eigenvalue weighted by Crippen LogP contribution is 2.38. The van der Waals surface area contributed by atoms with Gasteiger partial charge in [-0.2, -0.15) is 0 Å². The maximum atomic E-state index is 12.3. The molecule has 0 aliphatic heterocycles. The second-order valence-corrected chi connectivity index (χ2v) is 8.82. The number of benzene rings is 3. The standard InChI is InChI=1S/C26H19N3O4S/c1-16-23(14-15-33-26(30)17-10-12-18(13-11-17)29(31)32)34-25(27-16)24-19-6-2-4-8-21(19)28-22-9-5-3-7-20(22)24/h2-13H,14-15H2,1H3. The molecule has 0 N–H and O–H groups in total. The molecular formula is C26H19N3O4S. The maximum absolute atomic E-state index is 12.3. The molecule has 0 radical (unpaired) electrons. The first-order valence-electron chi connectivity index (χ1n) is 10.7. The van der Waals surface area contributed by atoms with E-state index in [2.05, 4.69) is 12.1 Å². The van der Waals surface area contributed by atoms with Crippen LogP contribution in [0.1, 0.15) is 20.9 Å². The lowest BCUT2D eigenvalue weighted by atomic mass is 10.0. The molecular weight excluding hydrogens is 450 g/mol. The second kappa shape index (κ2) is 8.99. The van der Waals surface area contributed by atoms with Gasteiger partial charge in [-0.15, -0.1) is 11.3 Å². The van der Waals surface area contributed by atoms with Crippen molar-refractivity contribution in [3.8, 4) is 10.6 Å². The van der Waals surface area contributed by atoms with Gasteiger partial charge >= 0.3 is 5.97 Å². The van der Waals surface area contributed by atoms with Gasteiger partial charge < -0.3 is 4.74 Å². The summed E-state index contributed by atoms with van der Waals surface area (Å²) in [6, 6.07) is 21.5. The molecule has 0 atom stereocenters. The molecule has 3 aromatic carbocycles. The predicted molar refractivity (Wildman–Crippen MR) is 132 cm³/mol. The number of fused-ring (bicyclic) bond motifs is 2. The van der Waals surface area contributed by atoms with E-state index in [1.165, 1.54) is 24.3 Å². The van der Waals surface area contributed by atoms with Gasteiger partial charge in [-0.05, 0) is 31.2 Å². The summed E-state index contributed by atoms with van der Waals surface area (Å²) in [4.78, 5) is 33.3. The number of rotatable bonds is 6. The quantitative estimate of drug-likeness (QED) is 0.129. The fourth-order valence-electron chi connectivity index (χ4n) is 3.88. The fraction of sp³-hybridized carbons (Fsp3) is 0.115. The number of non-ortho nitro benzene ring substituents is 1. The maximum Gasteiger partial charge on any atom is 0.338 e. The number of nitrogens with zero attached hydrogens (tertiary/aromatic N) is 3. The van der Waals surface area contributed by atoms with Gasteiger partial charge in [0.25, 0.3) is 5.69 Å². The van der Waals surface area contributed by atoms with E-state index in [1.54, 1.807) is 11.3 Å². The molecule has 5 rings (SSSR count). The lowest BCUT2D eigenvalue weighted by Gasteiger charge is -2.08. The van der Waals surface area contributed by atoms with Crippen LogP contribution in [0.2, 0.25) is 0 Å². The van der Waals surface area contributed by atoms with E-state index in [4.69, 9.17) is 14.7 Å². The van der Waals surface area contributed by atoms with E-state index in [0.29, 0.717) is 6.42 Å². The summed E-state index contributed by atoms with van der Waals surface area (Å²) in [6.45, 7) is 2.15. The molecule has 0 fully saturated rings. The first-order valence-corrected chi connectivity index (χ1v) is 11.5. The van der Waals surface area contributed by atoms with E-state index >= 15 is 0 Å². The SMILES string of the molecule is Cc1nc(-c2c3ccccc3nc3ccccc23)sc1CCOC(=O)c1ccc([N+](=O)[O-])cc1. The summed E-state index contributed by atoms with van der Waals surface area (Å²) in [7, 11) is 0. The van der Waals surface area contributed by atoms with E-state index in [9.17, 15) is 14.9 Å². The van der Waals surface area contributed by atoms with Gasteiger partial charge in [0.1, 0.15) is 5.01 Å². The number of nitro groups is 1. The third kappa shape index (κ3) is 4.11. The Morgan fingerprint density at radius 1 is 0.941 bits per heavy atom. The Morgan fingerprint density at radius 2 is 1.56 bits per heavy atom. The minimum absolute atomic E-state index is 0.0690. The van der Waals surface area contributed by atoms with Gasteiger partial charge in [-0.25, -0.2) is 14.8 Å². The van der Waals surface area contributed by atoms with Gasteiger partial charge in [0, 0.05) is 39.8 Å². The first-order chi connectivity index (χ1) is 16.5. The highest BCUT2D eigenvalue weighted by atomic mass is 32.1. The van der Waals surface area contributed by atoms with Crippen molar-refractivity contribution in [2.75, 3.05) is 6.61 Å². The Kier molecular flexibility index (Phi) is 5.73. The number of thiazole rings is 1. The number of nitro benzene ring substituents is 1. The smallest absolute Gasteiger partial charge is 0.338 e. The molecule has 0 spiro atoms. The Hall–Kier alpha value is -4.17. The summed E-state index contributed by atoms with van der Waals surface area (Å²) >= 11 is 1.59. The van der Waals surface area contributed by atoms with Crippen molar-refractivity contribution < 1.29 is 14.5 Å². The van der Waals surface area contributed by atoms with E-state index in [0.717, 1.165) is 42.9 Å². The largest absolute Gasteiger partial charge is 0.462 e. The highest BCUT2D eigenvalue weighted by Gasteiger charge is 2.17. The second-order valence-electron chi connectivity index (χ2n) is 7.74. The van der Waals surface area contributed by atoms with Crippen LogP contribution in [0, 0.1) is 17.0 Å². The van der Waals surface area contributed by atoms with Crippen molar-refractivity contribution in [1.82, 2.24) is 9.97 Å². The van der Waals surface area contributed by atoms with Crippen LogP contribution in [0.25, 0.3) is 32.4 Å². The van der Waals surface area contributed by atoms with Crippen LogP contribution < -0.4 is 0 Å². The Bertz CT molecular complexity index is 1490. The molecule has 34 heavy (non-hydrogen) atoms. The summed E-state index contributed by atoms with van der Waals surface area (Å²) < 4.78 is 5.40. The minimum Gasteiger partial charge on any atom is -0.462 e. The molecule has 2 heterocycles. The number of hydrogen-bond donors (Lipinski definition) is 0. The molecule has 8 heteroatoms. The van der Waals surface area contributed by atoms with Crippen LogP contribution >= 0.6 is 11.3 Å². The lowest BCUT2D eigenvalue weighted by Crippen LogP contribution is -2.08. The monoisotopic (exact) mass is 469 g/mol. The number of para-hydroxylation sites is 2. The number of esters is 1. The lowest BCUT2D eigenvalue weighted by molar-refractivity contribution is -0.384. The molecule has 0 aliphatic rings. The van der Waals surface area contributed by atoms with E-state index in [-0.39, 0.29) is 17.9 Å². The zero-order valence-corrected chi connectivity index (χ0v) is 19.0. The zero-order valence-electron chi connectivity index (χ0n) is 18.2. The molecule has 0 saturated carbocycles. The van der Waals surface area contributed by atoms with Crippen molar-refractivity contribution in [3.05, 3.63) is 99.0 Å². The average Bonchev–Trinajstić information content (AvgIpc) is 3.22. The molecule has 0 aliphatic carbocycles. The molecule has 168 valence electrons. The van der Waals surface area contributed by atoms with Crippen LogP contribution in [0.4, 0.5) is 5.69 Å². The van der Waals surface area contributed by atoms with Gasteiger partial charge in [-0.1, -0.05) is 36.4 Å². The molecule has 0 unspecified atom stereocenters. The van der Waals surface area contributed by atoms with Crippen molar-refractivity contribution in [2.24, 2.45) is 0 Å².